The number of hydrogen-bond donors (Lipinski definition) is 0. The third-order valence-corrected chi connectivity index (χ3v) is 5.11. The molecule has 0 bridgehead atoms. The zero-order chi connectivity index (χ0) is 19.0. The highest BCUT2D eigenvalue weighted by Crippen LogP contribution is 2.35. The Labute approximate surface area is 156 Å². The number of piperidine rings is 1. The van der Waals surface area contributed by atoms with Crippen LogP contribution in [0, 0.1) is 0 Å². The minimum atomic E-state index is 0.186. The molecular formula is C19H22ClN5. The molecule has 0 radical (unpaired) electrons. The van der Waals surface area contributed by atoms with Crippen LogP contribution in [0.15, 0.2) is 49.0 Å². The minimum absolute atomic E-state index is 0.186. The van der Waals surface area contributed by atoms with Gasteiger partial charge < -0.3 is 14.7 Å². The molecule has 1 saturated heterocycles. The lowest BCUT2D eigenvalue weighted by Gasteiger charge is -2.41. The fourth-order valence-electron chi connectivity index (χ4n) is 3.39. The van der Waals surface area contributed by atoms with E-state index in [0.29, 0.717) is 5.88 Å². The van der Waals surface area contributed by atoms with Crippen molar-refractivity contribution in [1.82, 2.24) is 9.97 Å². The van der Waals surface area contributed by atoms with Crippen molar-refractivity contribution in [2.45, 2.75) is 24.8 Å². The molecule has 25 heavy (non-hydrogen) atoms. The molecule has 0 unspecified atom stereocenters. The number of benzene rings is 1. The maximum atomic E-state index is 8.52. The summed E-state index contributed by atoms with van der Waals surface area (Å²) in [6.07, 6.45) is 5.81. The van der Waals surface area contributed by atoms with Crippen molar-refractivity contribution in [3.63, 3.8) is 0 Å². The highest BCUT2D eigenvalue weighted by atomic mass is 35.5. The summed E-state index contributed by atoms with van der Waals surface area (Å²) in [5, 5.41) is 0. The van der Waals surface area contributed by atoms with Gasteiger partial charge in [0.05, 0.1) is 20.0 Å². The van der Waals surface area contributed by atoms with Crippen molar-refractivity contribution >= 4 is 28.9 Å². The molecule has 2 aliphatic rings. The monoisotopic (exact) mass is 357 g/mol. The second-order valence-corrected chi connectivity index (χ2v) is 6.65. The second-order valence-electron chi connectivity index (χ2n) is 6.38. The number of para-hydroxylation sites is 2. The predicted octanol–water partition coefficient (Wildman–Crippen LogP) is 3.61. The topological polar surface area (TPSA) is 35.5 Å². The Hall–Kier alpha value is -2.27. The second kappa shape index (κ2) is 6.92. The van der Waals surface area contributed by atoms with Crippen LogP contribution < -0.4 is 14.7 Å². The van der Waals surface area contributed by atoms with E-state index >= 15 is 0 Å². The maximum absolute atomic E-state index is 8.52. The highest BCUT2D eigenvalue weighted by Gasteiger charge is 2.28. The molecule has 3 heterocycles. The summed E-state index contributed by atoms with van der Waals surface area (Å²) < 4.78 is 16.8. The highest BCUT2D eigenvalue weighted by molar-refractivity contribution is 6.17. The lowest BCUT2D eigenvalue weighted by molar-refractivity contribution is 0.484. The van der Waals surface area contributed by atoms with Crippen LogP contribution in [0.1, 0.15) is 21.1 Å². The van der Waals surface area contributed by atoms with E-state index in [4.69, 9.17) is 14.3 Å². The molecule has 0 atom stereocenters. The van der Waals surface area contributed by atoms with E-state index in [1.807, 2.05) is 36.2 Å². The Bertz CT molecular complexity index is 849. The van der Waals surface area contributed by atoms with Crippen molar-refractivity contribution in [1.29, 1.82) is 0 Å². The molecule has 0 saturated carbocycles. The molecule has 1 fully saturated rings. The molecule has 6 heteroatoms. The molecule has 5 nitrogen and oxygen atoms in total. The Balaban J connectivity index is 1.53. The van der Waals surface area contributed by atoms with E-state index < -0.39 is 0 Å². The largest absolute Gasteiger partial charge is 0.348 e. The fourth-order valence-corrected chi connectivity index (χ4v) is 3.53. The predicted molar refractivity (Wildman–Crippen MR) is 103 cm³/mol. The summed E-state index contributed by atoms with van der Waals surface area (Å²) in [5.41, 5.74) is 2.89. The first-order valence-electron chi connectivity index (χ1n) is 9.51. The van der Waals surface area contributed by atoms with Gasteiger partial charge in [-0.1, -0.05) is 12.1 Å². The van der Waals surface area contributed by atoms with Gasteiger partial charge in [0.25, 0.3) is 0 Å². The Morgan fingerprint density at radius 3 is 2.48 bits per heavy atom. The Kier molecular flexibility index (Phi) is 3.86. The van der Waals surface area contributed by atoms with Crippen LogP contribution in [0.3, 0.4) is 0 Å². The molecule has 130 valence electrons. The smallest absolute Gasteiger partial charge is 0.225 e. The van der Waals surface area contributed by atoms with Gasteiger partial charge in [-0.15, -0.1) is 11.6 Å². The van der Waals surface area contributed by atoms with Crippen molar-refractivity contribution in [3.8, 4) is 0 Å². The van der Waals surface area contributed by atoms with E-state index in [1.165, 1.54) is 0 Å². The summed E-state index contributed by atoms with van der Waals surface area (Å²) >= 11 is 5.81. The molecule has 0 spiro atoms. The number of anilines is 3. The van der Waals surface area contributed by atoms with Gasteiger partial charge in [-0.3, -0.25) is 0 Å². The number of aromatic nitrogens is 2. The number of alkyl halides is 1. The van der Waals surface area contributed by atoms with E-state index in [-0.39, 0.29) is 18.4 Å². The molecule has 0 amide bonds. The van der Waals surface area contributed by atoms with Crippen LogP contribution in [0.25, 0.3) is 0 Å². The minimum Gasteiger partial charge on any atom is -0.348 e. The average Bonchev–Trinajstić information content (AvgIpc) is 2.73. The molecule has 1 aromatic carbocycles. The number of fused-ring (bicyclic) bond motifs is 1. The summed E-state index contributed by atoms with van der Waals surface area (Å²) in [7, 11) is 1.84. The molecule has 0 N–H and O–H groups in total. The van der Waals surface area contributed by atoms with Crippen molar-refractivity contribution < 1.29 is 2.74 Å². The van der Waals surface area contributed by atoms with Crippen LogP contribution >= 0.6 is 11.6 Å². The molecule has 1 aromatic heterocycles. The lowest BCUT2D eigenvalue weighted by atomic mass is 10.0. The van der Waals surface area contributed by atoms with Gasteiger partial charge in [-0.25, -0.2) is 9.97 Å². The summed E-state index contributed by atoms with van der Waals surface area (Å²) in [6.45, 7) is 1.64. The van der Waals surface area contributed by atoms with Crippen LogP contribution in [-0.2, 0) is 5.88 Å². The first-order valence-corrected chi connectivity index (χ1v) is 9.05. The maximum Gasteiger partial charge on any atom is 0.225 e. The number of nitrogens with zero attached hydrogens (tertiary/aromatic N) is 5. The van der Waals surface area contributed by atoms with Gasteiger partial charge in [-0.2, -0.15) is 0 Å². The van der Waals surface area contributed by atoms with Gasteiger partial charge in [-0.05, 0) is 25.0 Å². The fraction of sp³-hybridized carbons (Fsp3) is 0.368. The summed E-state index contributed by atoms with van der Waals surface area (Å²) in [6, 6.07) is 8.19. The number of halogens is 1. The molecule has 0 aliphatic carbocycles. The Morgan fingerprint density at radius 1 is 1.12 bits per heavy atom. The van der Waals surface area contributed by atoms with Gasteiger partial charge in [0.15, 0.2) is 0 Å². The molecule has 2 aromatic rings. The van der Waals surface area contributed by atoms with Crippen LogP contribution in [0.2, 0.25) is 0 Å². The van der Waals surface area contributed by atoms with Crippen molar-refractivity contribution in [3.05, 3.63) is 54.6 Å². The van der Waals surface area contributed by atoms with Gasteiger partial charge in [0, 0.05) is 56.5 Å². The normalized spacial score (nSPS) is 19.7. The zero-order valence-electron chi connectivity index (χ0n) is 16.2. The average molecular weight is 358 g/mol. The van der Waals surface area contributed by atoms with E-state index in [2.05, 4.69) is 14.9 Å². The van der Waals surface area contributed by atoms with Crippen LogP contribution in [-0.4, -0.2) is 36.1 Å². The van der Waals surface area contributed by atoms with Crippen LogP contribution in [0.5, 0.6) is 0 Å². The molecular weight excluding hydrogens is 334 g/mol. The van der Waals surface area contributed by atoms with Gasteiger partial charge >= 0.3 is 0 Å². The number of rotatable bonds is 3. The lowest BCUT2D eigenvalue weighted by Crippen LogP contribution is -2.44. The third kappa shape index (κ3) is 3.16. The molecule has 2 aliphatic heterocycles. The van der Waals surface area contributed by atoms with Gasteiger partial charge in [0.1, 0.15) is 0 Å². The zero-order valence-corrected chi connectivity index (χ0v) is 14.9. The Morgan fingerprint density at radius 2 is 1.80 bits per heavy atom. The number of hydrogen-bond acceptors (Lipinski definition) is 5. The third-order valence-electron chi connectivity index (χ3n) is 4.80. The van der Waals surface area contributed by atoms with Crippen LogP contribution in [0.4, 0.5) is 17.3 Å². The van der Waals surface area contributed by atoms with E-state index in [9.17, 15) is 0 Å². The SMILES string of the molecule is [2H]C1=C([2H])N(C2CCN(c3ncc(CCl)cn3)CC2)c2ccccc2N1C. The first-order chi connectivity index (χ1) is 13.1. The molecule has 4 rings (SSSR count). The van der Waals surface area contributed by atoms with Crippen molar-refractivity contribution in [2.75, 3.05) is 34.8 Å². The van der Waals surface area contributed by atoms with E-state index in [0.717, 1.165) is 48.8 Å². The van der Waals surface area contributed by atoms with E-state index in [1.54, 1.807) is 17.3 Å². The van der Waals surface area contributed by atoms with Crippen molar-refractivity contribution in [2.24, 2.45) is 0 Å². The quantitative estimate of drug-likeness (QED) is 0.784. The first kappa shape index (κ1) is 14.0. The summed E-state index contributed by atoms with van der Waals surface area (Å²) in [4.78, 5) is 14.8. The summed E-state index contributed by atoms with van der Waals surface area (Å²) in [5.74, 6) is 1.14. The van der Waals surface area contributed by atoms with Gasteiger partial charge in [0.2, 0.25) is 5.95 Å². The standard InChI is InChI=1S/C19H22ClN5/c1-23-10-11-25(18-5-3-2-4-17(18)23)16-6-8-24(9-7-16)19-21-13-15(12-20)14-22-19/h2-5,10-11,13-14,16H,6-9,12H2,1H3/i10D,11D.